The molecule has 8 nitrogen and oxygen atoms in total. The number of nitrogens with one attached hydrogen (secondary N) is 1. The van der Waals surface area contributed by atoms with Crippen molar-refractivity contribution in [2.45, 2.75) is 37.8 Å². The maximum atomic E-state index is 14.7. The van der Waals surface area contributed by atoms with Gasteiger partial charge in [0.15, 0.2) is 11.4 Å². The van der Waals surface area contributed by atoms with Crippen molar-refractivity contribution in [3.8, 4) is 0 Å². The molecule has 0 unspecified atom stereocenters. The summed E-state index contributed by atoms with van der Waals surface area (Å²) in [5, 5.41) is 12.9. The summed E-state index contributed by atoms with van der Waals surface area (Å²) in [4.78, 5) is 29.5. The van der Waals surface area contributed by atoms with Crippen molar-refractivity contribution in [3.63, 3.8) is 0 Å². The van der Waals surface area contributed by atoms with Crippen LogP contribution in [0.3, 0.4) is 0 Å². The normalized spacial score (nSPS) is 18.2. The van der Waals surface area contributed by atoms with E-state index in [0.29, 0.717) is 48.3 Å². The van der Waals surface area contributed by atoms with E-state index >= 15 is 0 Å². The van der Waals surface area contributed by atoms with Crippen LogP contribution < -0.4 is 5.32 Å². The number of aliphatic hydroxyl groups is 1. The van der Waals surface area contributed by atoms with Gasteiger partial charge in [-0.05, 0) is 36.6 Å². The number of methoxy groups -OCH3 is 1. The third-order valence-electron chi connectivity index (χ3n) is 5.84. The molecule has 3 heterocycles. The number of benzene rings is 1. The van der Waals surface area contributed by atoms with Crippen molar-refractivity contribution >= 4 is 22.8 Å². The average molecular weight is 470 g/mol. The third kappa shape index (κ3) is 5.49. The summed E-state index contributed by atoms with van der Waals surface area (Å²) >= 11 is 0. The van der Waals surface area contributed by atoms with Gasteiger partial charge in [0.1, 0.15) is 17.0 Å². The number of nitrogens with zero attached hydrogens (tertiary/aromatic N) is 1. The molecule has 3 aromatic rings. The lowest BCUT2D eigenvalue weighted by Crippen LogP contribution is -2.48. The van der Waals surface area contributed by atoms with Gasteiger partial charge < -0.3 is 24.3 Å². The molecule has 9 heteroatoms. The first-order chi connectivity index (χ1) is 16.5. The zero-order chi connectivity index (χ0) is 24.1. The van der Waals surface area contributed by atoms with Gasteiger partial charge in [0, 0.05) is 44.8 Å². The number of aromatic nitrogens is 1. The minimum absolute atomic E-state index is 0.0489. The summed E-state index contributed by atoms with van der Waals surface area (Å²) in [6.07, 6.45) is 2.22. The van der Waals surface area contributed by atoms with Crippen molar-refractivity contribution in [1.82, 2.24) is 10.3 Å². The highest BCUT2D eigenvalue weighted by Gasteiger charge is 2.26. The van der Waals surface area contributed by atoms with Crippen LogP contribution in [-0.4, -0.2) is 60.9 Å². The number of hydrogen-bond acceptors (Lipinski definition) is 7. The Bertz CT molecular complexity index is 1180. The van der Waals surface area contributed by atoms with E-state index < -0.39 is 23.9 Å². The smallest absolute Gasteiger partial charge is 0.270 e. The van der Waals surface area contributed by atoms with Gasteiger partial charge in [0.05, 0.1) is 30.6 Å². The Kier molecular flexibility index (Phi) is 7.66. The van der Waals surface area contributed by atoms with Crippen molar-refractivity contribution in [2.24, 2.45) is 0 Å². The van der Waals surface area contributed by atoms with E-state index in [1.807, 2.05) is 0 Å². The number of aliphatic hydroxyl groups excluding tert-OH is 1. The largest absolute Gasteiger partial charge is 0.462 e. The van der Waals surface area contributed by atoms with Crippen LogP contribution in [0.4, 0.5) is 4.39 Å². The standard InChI is InChI=1S/C25H27FN2O6/c1-32-8-2-3-22(29)17-5-4-15(12-18(17)26)11-16-13-21(27-20-7-10-34-24(16)20)25(31)28-19-6-9-33-14-23(19)30/h4-5,7,10,12-13,19,23,30H,2-3,6,8-9,11,14H2,1H3,(H,28,31)/t19-,23-/m0/s1. The number of amides is 1. The molecule has 1 aliphatic rings. The van der Waals surface area contributed by atoms with Gasteiger partial charge in [-0.15, -0.1) is 0 Å². The molecular weight excluding hydrogens is 443 g/mol. The van der Waals surface area contributed by atoms with Crippen LogP contribution in [0, 0.1) is 5.82 Å². The molecule has 2 atom stereocenters. The second kappa shape index (κ2) is 10.9. The number of rotatable bonds is 9. The molecule has 0 aliphatic carbocycles. The van der Waals surface area contributed by atoms with E-state index in [0.717, 1.165) is 0 Å². The van der Waals surface area contributed by atoms with E-state index in [2.05, 4.69) is 10.3 Å². The van der Waals surface area contributed by atoms with E-state index in [-0.39, 0.29) is 36.5 Å². The summed E-state index contributed by atoms with van der Waals surface area (Å²) < 4.78 is 30.4. The number of Topliss-reactive ketones (excluding diaryl/α,β-unsaturated/α-hetero) is 1. The number of halogens is 1. The van der Waals surface area contributed by atoms with E-state index in [1.165, 1.54) is 18.4 Å². The van der Waals surface area contributed by atoms with Crippen LogP contribution in [0.15, 0.2) is 41.0 Å². The highest BCUT2D eigenvalue weighted by Crippen LogP contribution is 2.24. The van der Waals surface area contributed by atoms with Crippen LogP contribution in [0.2, 0.25) is 0 Å². The summed E-state index contributed by atoms with van der Waals surface area (Å²) in [6, 6.07) is 7.35. The van der Waals surface area contributed by atoms with Crippen molar-refractivity contribution < 1.29 is 33.0 Å². The number of fused-ring (bicyclic) bond motifs is 1. The molecule has 1 amide bonds. The lowest BCUT2D eigenvalue weighted by atomic mass is 9.99. The summed E-state index contributed by atoms with van der Waals surface area (Å²) in [7, 11) is 1.55. The molecule has 34 heavy (non-hydrogen) atoms. The number of pyridine rings is 1. The van der Waals surface area contributed by atoms with Crippen LogP contribution in [0.5, 0.6) is 0 Å². The maximum Gasteiger partial charge on any atom is 0.270 e. The SMILES string of the molecule is COCCCC(=O)c1ccc(Cc2cc(C(=O)N[C@H]3CCOC[C@@H]3O)nc3ccoc23)cc1F. The van der Waals surface area contributed by atoms with Gasteiger partial charge in [-0.3, -0.25) is 9.59 Å². The molecule has 0 saturated carbocycles. The van der Waals surface area contributed by atoms with Crippen LogP contribution in [0.1, 0.15) is 51.2 Å². The molecule has 2 N–H and O–H groups in total. The maximum absolute atomic E-state index is 14.7. The topological polar surface area (TPSA) is 111 Å². The first-order valence-corrected chi connectivity index (χ1v) is 11.2. The molecule has 1 aromatic carbocycles. The minimum Gasteiger partial charge on any atom is -0.462 e. The Balaban J connectivity index is 1.54. The highest BCUT2D eigenvalue weighted by molar-refractivity contribution is 5.96. The monoisotopic (exact) mass is 470 g/mol. The van der Waals surface area contributed by atoms with Gasteiger partial charge in [-0.2, -0.15) is 0 Å². The Morgan fingerprint density at radius 1 is 1.29 bits per heavy atom. The second-order valence-electron chi connectivity index (χ2n) is 8.32. The van der Waals surface area contributed by atoms with Gasteiger partial charge in [0.2, 0.25) is 0 Å². The number of ether oxygens (including phenoxy) is 2. The summed E-state index contributed by atoms with van der Waals surface area (Å²) in [5.74, 6) is -1.28. The molecule has 1 saturated heterocycles. The zero-order valence-corrected chi connectivity index (χ0v) is 18.9. The fourth-order valence-corrected chi connectivity index (χ4v) is 4.03. The molecule has 1 fully saturated rings. The molecule has 0 bridgehead atoms. The quantitative estimate of drug-likeness (QED) is 0.365. The van der Waals surface area contributed by atoms with Gasteiger partial charge >= 0.3 is 0 Å². The van der Waals surface area contributed by atoms with Crippen molar-refractivity contribution in [3.05, 3.63) is 64.8 Å². The number of carbonyl (C=O) groups is 2. The van der Waals surface area contributed by atoms with E-state index in [1.54, 1.807) is 25.3 Å². The molecule has 0 radical (unpaired) electrons. The van der Waals surface area contributed by atoms with Crippen molar-refractivity contribution in [2.75, 3.05) is 26.9 Å². The zero-order valence-electron chi connectivity index (χ0n) is 18.9. The Morgan fingerprint density at radius 3 is 2.91 bits per heavy atom. The van der Waals surface area contributed by atoms with E-state index in [4.69, 9.17) is 13.9 Å². The number of furan rings is 1. The average Bonchev–Trinajstić information content (AvgIpc) is 3.30. The predicted molar refractivity (Wildman–Crippen MR) is 121 cm³/mol. The molecular formula is C25H27FN2O6. The predicted octanol–water partition coefficient (Wildman–Crippen LogP) is 3.05. The Hall–Kier alpha value is -3.14. The van der Waals surface area contributed by atoms with Crippen LogP contribution >= 0.6 is 0 Å². The molecule has 4 rings (SSSR count). The van der Waals surface area contributed by atoms with Gasteiger partial charge in [0.25, 0.3) is 5.91 Å². The summed E-state index contributed by atoms with van der Waals surface area (Å²) in [6.45, 7) is 1.06. The Labute approximate surface area is 196 Å². The first-order valence-electron chi connectivity index (χ1n) is 11.2. The molecule has 180 valence electrons. The number of hydrogen-bond donors (Lipinski definition) is 2. The fraction of sp³-hybridized carbons (Fsp3) is 0.400. The highest BCUT2D eigenvalue weighted by atomic mass is 19.1. The fourth-order valence-electron chi connectivity index (χ4n) is 4.03. The van der Waals surface area contributed by atoms with Crippen LogP contribution in [0.25, 0.3) is 11.1 Å². The molecule has 1 aliphatic heterocycles. The lowest BCUT2D eigenvalue weighted by Gasteiger charge is -2.28. The van der Waals surface area contributed by atoms with E-state index in [9.17, 15) is 19.1 Å². The number of carbonyl (C=O) groups excluding carboxylic acids is 2. The Morgan fingerprint density at radius 2 is 2.15 bits per heavy atom. The second-order valence-corrected chi connectivity index (χ2v) is 8.32. The molecule has 2 aromatic heterocycles. The number of ketones is 1. The lowest BCUT2D eigenvalue weighted by molar-refractivity contribution is -0.0261. The van der Waals surface area contributed by atoms with Gasteiger partial charge in [-0.25, -0.2) is 9.37 Å². The van der Waals surface area contributed by atoms with Crippen LogP contribution in [-0.2, 0) is 15.9 Å². The third-order valence-corrected chi connectivity index (χ3v) is 5.84. The summed E-state index contributed by atoms with van der Waals surface area (Å²) in [5.41, 5.74) is 2.51. The van der Waals surface area contributed by atoms with Gasteiger partial charge in [-0.1, -0.05) is 6.07 Å². The molecule has 0 spiro atoms. The van der Waals surface area contributed by atoms with Crippen molar-refractivity contribution in [1.29, 1.82) is 0 Å². The minimum atomic E-state index is -0.784. The first kappa shape index (κ1) is 24.0.